The van der Waals surface area contributed by atoms with Gasteiger partial charge in [0.2, 0.25) is 0 Å². The van der Waals surface area contributed by atoms with Crippen LogP contribution >= 0.6 is 0 Å². The van der Waals surface area contributed by atoms with Crippen molar-refractivity contribution in [2.24, 2.45) is 4.40 Å². The van der Waals surface area contributed by atoms with Gasteiger partial charge >= 0.3 is 0 Å². The number of para-hydroxylation sites is 1. The van der Waals surface area contributed by atoms with Crippen molar-refractivity contribution in [1.82, 2.24) is 0 Å². The number of hydrogen-bond acceptors (Lipinski definition) is 2. The van der Waals surface area contributed by atoms with E-state index in [4.69, 9.17) is 4.42 Å². The average Bonchev–Trinajstić information content (AvgIpc) is 2.63. The highest BCUT2D eigenvalue weighted by Gasteiger charge is 2.18. The van der Waals surface area contributed by atoms with Crippen LogP contribution in [0.25, 0.3) is 11.0 Å². The molecular weight excluding hydrogens is 246 g/mol. The highest BCUT2D eigenvalue weighted by molar-refractivity contribution is 7.85. The van der Waals surface area contributed by atoms with Gasteiger partial charge in [-0.05, 0) is 33.8 Å². The van der Waals surface area contributed by atoms with Crippen LogP contribution in [-0.2, 0) is 11.0 Å². The van der Waals surface area contributed by atoms with E-state index in [1.54, 1.807) is 6.21 Å². The van der Waals surface area contributed by atoms with Gasteiger partial charge in [-0.1, -0.05) is 18.2 Å². The van der Waals surface area contributed by atoms with Gasteiger partial charge < -0.3 is 4.42 Å². The molecule has 0 radical (unpaired) electrons. The lowest BCUT2D eigenvalue weighted by atomic mass is 10.1. The van der Waals surface area contributed by atoms with E-state index in [2.05, 4.69) is 4.40 Å². The van der Waals surface area contributed by atoms with Gasteiger partial charge in [0.05, 0.1) is 11.0 Å². The second kappa shape index (κ2) is 4.69. The average molecular weight is 263 g/mol. The first-order valence-electron chi connectivity index (χ1n) is 5.84. The molecule has 0 aliphatic carbocycles. The lowest BCUT2D eigenvalue weighted by Crippen LogP contribution is -2.19. The predicted molar refractivity (Wildman–Crippen MR) is 76.4 cm³/mol. The van der Waals surface area contributed by atoms with Crippen molar-refractivity contribution in [3.05, 3.63) is 35.6 Å². The van der Waals surface area contributed by atoms with Crippen molar-refractivity contribution < 1.29 is 8.63 Å². The largest absolute Gasteiger partial charge is 0.455 e. The summed E-state index contributed by atoms with van der Waals surface area (Å²) in [6, 6.07) is 7.82. The molecule has 0 amide bonds. The number of hydrogen-bond donors (Lipinski definition) is 0. The zero-order valence-electron chi connectivity index (χ0n) is 11.1. The molecule has 0 spiro atoms. The Hall–Kier alpha value is -1.42. The Balaban J connectivity index is 2.36. The molecule has 0 bridgehead atoms. The SMILES string of the molecule is Cc1c(/C=N\[S@@](=O)C(C)(C)C)oc2ccccc12. The maximum atomic E-state index is 11.8. The van der Waals surface area contributed by atoms with Crippen molar-refractivity contribution in [3.8, 4) is 0 Å². The molecule has 0 aliphatic heterocycles. The summed E-state index contributed by atoms with van der Waals surface area (Å²) in [6.07, 6.45) is 1.57. The third-order valence-corrected chi connectivity index (χ3v) is 4.01. The van der Waals surface area contributed by atoms with Crippen LogP contribution in [0.1, 0.15) is 32.1 Å². The van der Waals surface area contributed by atoms with Crippen LogP contribution in [0.5, 0.6) is 0 Å². The molecule has 96 valence electrons. The minimum Gasteiger partial charge on any atom is -0.455 e. The van der Waals surface area contributed by atoms with Crippen LogP contribution in [0, 0.1) is 6.92 Å². The molecule has 0 unspecified atom stereocenters. The molecule has 18 heavy (non-hydrogen) atoms. The summed E-state index contributed by atoms with van der Waals surface area (Å²) in [6.45, 7) is 7.66. The zero-order chi connectivity index (χ0) is 13.3. The molecule has 1 atom stereocenters. The smallest absolute Gasteiger partial charge is 0.150 e. The summed E-state index contributed by atoms with van der Waals surface area (Å²) in [5.41, 5.74) is 1.86. The van der Waals surface area contributed by atoms with Gasteiger partial charge in [-0.25, -0.2) is 4.21 Å². The Morgan fingerprint density at radius 2 is 1.94 bits per heavy atom. The van der Waals surface area contributed by atoms with Gasteiger partial charge in [0.15, 0.2) is 0 Å². The second-order valence-electron chi connectivity index (χ2n) is 5.18. The molecular formula is C14H17NO2S. The fraction of sp³-hybridized carbons (Fsp3) is 0.357. The molecule has 0 N–H and O–H groups in total. The Labute approximate surface area is 110 Å². The third-order valence-electron chi connectivity index (χ3n) is 2.67. The second-order valence-corrected chi connectivity index (χ2v) is 7.12. The summed E-state index contributed by atoms with van der Waals surface area (Å²) < 4.78 is 21.2. The van der Waals surface area contributed by atoms with E-state index >= 15 is 0 Å². The third kappa shape index (κ3) is 2.53. The van der Waals surface area contributed by atoms with Crippen molar-refractivity contribution in [3.63, 3.8) is 0 Å². The minimum absolute atomic E-state index is 0.351. The number of aryl methyl sites for hydroxylation is 1. The van der Waals surface area contributed by atoms with Crippen LogP contribution in [0.2, 0.25) is 0 Å². The zero-order valence-corrected chi connectivity index (χ0v) is 11.9. The van der Waals surface area contributed by atoms with Gasteiger partial charge in [-0.2, -0.15) is 4.40 Å². The molecule has 0 saturated heterocycles. The van der Waals surface area contributed by atoms with Gasteiger partial charge in [-0.15, -0.1) is 0 Å². The van der Waals surface area contributed by atoms with E-state index in [1.165, 1.54) is 0 Å². The summed E-state index contributed by atoms with van der Waals surface area (Å²) >= 11 is 0. The molecule has 4 heteroatoms. The molecule has 0 saturated carbocycles. The van der Waals surface area contributed by atoms with Crippen LogP contribution < -0.4 is 0 Å². The first kappa shape index (κ1) is 13.0. The molecule has 1 heterocycles. The summed E-state index contributed by atoms with van der Waals surface area (Å²) in [7, 11) is -1.26. The lowest BCUT2D eigenvalue weighted by molar-refractivity contribution is 0.605. The topological polar surface area (TPSA) is 42.6 Å². The highest BCUT2D eigenvalue weighted by Crippen LogP contribution is 2.24. The van der Waals surface area contributed by atoms with Crippen LogP contribution in [0.15, 0.2) is 33.1 Å². The van der Waals surface area contributed by atoms with E-state index in [1.807, 2.05) is 52.0 Å². The number of fused-ring (bicyclic) bond motifs is 1. The van der Waals surface area contributed by atoms with Crippen LogP contribution in [0.3, 0.4) is 0 Å². The van der Waals surface area contributed by atoms with Gasteiger partial charge in [0.25, 0.3) is 0 Å². The number of rotatable bonds is 2. The fourth-order valence-electron chi connectivity index (χ4n) is 1.57. The summed E-state index contributed by atoms with van der Waals surface area (Å²) in [5, 5.41) is 1.07. The van der Waals surface area contributed by atoms with E-state index < -0.39 is 11.0 Å². The normalized spacial score (nSPS) is 14.4. The molecule has 1 aromatic carbocycles. The Bertz CT molecular complexity index is 620. The first-order valence-corrected chi connectivity index (χ1v) is 6.94. The highest BCUT2D eigenvalue weighted by atomic mass is 32.2. The minimum atomic E-state index is -1.26. The first-order chi connectivity index (χ1) is 8.39. The van der Waals surface area contributed by atoms with Crippen molar-refractivity contribution in [2.75, 3.05) is 0 Å². The van der Waals surface area contributed by atoms with E-state index in [-0.39, 0.29) is 4.75 Å². The van der Waals surface area contributed by atoms with E-state index in [0.717, 1.165) is 16.5 Å². The van der Waals surface area contributed by atoms with Crippen molar-refractivity contribution in [1.29, 1.82) is 0 Å². The maximum Gasteiger partial charge on any atom is 0.150 e. The number of nitrogens with zero attached hydrogens (tertiary/aromatic N) is 1. The quantitative estimate of drug-likeness (QED) is 0.777. The van der Waals surface area contributed by atoms with Crippen molar-refractivity contribution in [2.45, 2.75) is 32.4 Å². The van der Waals surface area contributed by atoms with Crippen LogP contribution in [-0.4, -0.2) is 15.2 Å². The Morgan fingerprint density at radius 3 is 2.56 bits per heavy atom. The predicted octanol–water partition coefficient (Wildman–Crippen LogP) is 3.62. The van der Waals surface area contributed by atoms with E-state index in [0.29, 0.717) is 5.76 Å². The molecule has 2 aromatic rings. The van der Waals surface area contributed by atoms with Gasteiger partial charge in [-0.3, -0.25) is 0 Å². The molecule has 1 aromatic heterocycles. The van der Waals surface area contributed by atoms with Gasteiger partial charge in [0.1, 0.15) is 22.3 Å². The fourth-order valence-corrected chi connectivity index (χ4v) is 2.08. The molecule has 0 aliphatic rings. The van der Waals surface area contributed by atoms with Crippen LogP contribution in [0.4, 0.5) is 0 Å². The molecule has 3 nitrogen and oxygen atoms in total. The van der Waals surface area contributed by atoms with Gasteiger partial charge in [0, 0.05) is 10.9 Å². The standard InChI is InChI=1S/C14H17NO2S/c1-10-11-7-5-6-8-12(11)17-13(10)9-15-18(16)14(2,3)4/h5-9H,1-4H3/b15-9-/t18-/m0/s1. The molecule has 2 rings (SSSR count). The molecule has 0 fully saturated rings. The Kier molecular flexibility index (Phi) is 3.39. The number of furan rings is 1. The maximum absolute atomic E-state index is 11.8. The Morgan fingerprint density at radius 1 is 1.28 bits per heavy atom. The number of benzene rings is 1. The summed E-state index contributed by atoms with van der Waals surface area (Å²) in [4.78, 5) is 0. The summed E-state index contributed by atoms with van der Waals surface area (Å²) in [5.74, 6) is 0.675. The van der Waals surface area contributed by atoms with E-state index in [9.17, 15) is 4.21 Å². The van der Waals surface area contributed by atoms with Crippen molar-refractivity contribution >= 4 is 28.2 Å². The lowest BCUT2D eigenvalue weighted by Gasteiger charge is -2.12. The monoisotopic (exact) mass is 263 g/mol.